The maximum absolute atomic E-state index is 12.8. The average Bonchev–Trinajstić information content (AvgIpc) is 2.88. The van der Waals surface area contributed by atoms with Gasteiger partial charge in [0.1, 0.15) is 5.54 Å². The highest BCUT2D eigenvalue weighted by atomic mass is 19.4. The Balaban J connectivity index is 1.87. The van der Waals surface area contributed by atoms with Gasteiger partial charge >= 0.3 is 6.18 Å². The topological polar surface area (TPSA) is 39.1 Å². The molecule has 0 spiro atoms. The molecule has 2 rings (SSSR count). The van der Waals surface area contributed by atoms with Crippen LogP contribution in [0.5, 0.6) is 0 Å². The zero-order valence-electron chi connectivity index (χ0n) is 12.5. The molecule has 0 radical (unpaired) electrons. The van der Waals surface area contributed by atoms with Crippen molar-refractivity contribution in [1.29, 1.82) is 5.26 Å². The van der Waals surface area contributed by atoms with Crippen molar-refractivity contribution in [1.82, 2.24) is 10.2 Å². The van der Waals surface area contributed by atoms with Gasteiger partial charge in [0.25, 0.3) is 0 Å². The van der Waals surface area contributed by atoms with E-state index in [1.54, 1.807) is 0 Å². The largest absolute Gasteiger partial charge is 0.393 e. The van der Waals surface area contributed by atoms with Crippen LogP contribution in [0, 0.1) is 23.2 Å². The van der Waals surface area contributed by atoms with Crippen LogP contribution >= 0.6 is 0 Å². The van der Waals surface area contributed by atoms with Crippen LogP contribution < -0.4 is 5.32 Å². The summed E-state index contributed by atoms with van der Waals surface area (Å²) >= 11 is 0. The molecule has 1 N–H and O–H groups in total. The third kappa shape index (κ3) is 3.70. The second kappa shape index (κ2) is 6.53. The van der Waals surface area contributed by atoms with Crippen LogP contribution in [0.1, 0.15) is 38.5 Å². The van der Waals surface area contributed by atoms with Gasteiger partial charge in [-0.25, -0.2) is 0 Å². The van der Waals surface area contributed by atoms with Gasteiger partial charge < -0.3 is 10.2 Å². The van der Waals surface area contributed by atoms with Gasteiger partial charge in [-0.3, -0.25) is 0 Å². The van der Waals surface area contributed by atoms with Crippen LogP contribution in [0.25, 0.3) is 0 Å². The molecule has 1 saturated heterocycles. The molecule has 2 fully saturated rings. The van der Waals surface area contributed by atoms with Crippen molar-refractivity contribution in [3.05, 3.63) is 0 Å². The molecule has 120 valence electrons. The lowest BCUT2D eigenvalue weighted by Crippen LogP contribution is -2.47. The highest BCUT2D eigenvalue weighted by Crippen LogP contribution is 2.38. The quantitative estimate of drug-likeness (QED) is 0.868. The molecule has 1 aliphatic carbocycles. The summed E-state index contributed by atoms with van der Waals surface area (Å²) in [4.78, 5) is 1.93. The fraction of sp³-hybridized carbons (Fsp3) is 0.933. The molecule has 3 unspecified atom stereocenters. The smallest absolute Gasteiger partial charge is 0.303 e. The minimum atomic E-state index is -4.08. The Kier molecular flexibility index (Phi) is 5.15. The van der Waals surface area contributed by atoms with Crippen molar-refractivity contribution in [2.75, 3.05) is 26.7 Å². The third-order valence-electron chi connectivity index (χ3n) is 5.23. The lowest BCUT2D eigenvalue weighted by atomic mass is 9.85. The van der Waals surface area contributed by atoms with Crippen LogP contribution in [0.4, 0.5) is 13.2 Å². The molecule has 1 heterocycles. The van der Waals surface area contributed by atoms with Crippen molar-refractivity contribution in [2.24, 2.45) is 11.8 Å². The molecule has 21 heavy (non-hydrogen) atoms. The van der Waals surface area contributed by atoms with E-state index in [4.69, 9.17) is 0 Å². The van der Waals surface area contributed by atoms with Gasteiger partial charge in [0.05, 0.1) is 12.0 Å². The summed E-state index contributed by atoms with van der Waals surface area (Å²) in [7, 11) is 1.81. The van der Waals surface area contributed by atoms with E-state index in [-0.39, 0.29) is 18.9 Å². The first-order valence-corrected chi connectivity index (χ1v) is 7.80. The SMILES string of the molecule is CNC1(C#N)CCCC1CCN1CCCC(C(F)(F)F)C1. The van der Waals surface area contributed by atoms with Crippen LogP contribution in [0.15, 0.2) is 0 Å². The lowest BCUT2D eigenvalue weighted by molar-refractivity contribution is -0.186. The van der Waals surface area contributed by atoms with E-state index >= 15 is 0 Å². The first-order valence-electron chi connectivity index (χ1n) is 7.80. The number of nitriles is 1. The fourth-order valence-electron chi connectivity index (χ4n) is 3.86. The van der Waals surface area contributed by atoms with Crippen molar-refractivity contribution in [3.63, 3.8) is 0 Å². The van der Waals surface area contributed by atoms with E-state index in [1.807, 2.05) is 11.9 Å². The summed E-state index contributed by atoms with van der Waals surface area (Å²) in [6.45, 7) is 1.54. The summed E-state index contributed by atoms with van der Waals surface area (Å²) in [5, 5.41) is 12.5. The molecular weight excluding hydrogens is 279 g/mol. The lowest BCUT2D eigenvalue weighted by Gasteiger charge is -2.35. The van der Waals surface area contributed by atoms with E-state index in [9.17, 15) is 18.4 Å². The minimum Gasteiger partial charge on any atom is -0.303 e. The van der Waals surface area contributed by atoms with Gasteiger partial charge in [-0.2, -0.15) is 18.4 Å². The molecule has 2 aliphatic rings. The van der Waals surface area contributed by atoms with Crippen LogP contribution in [0.2, 0.25) is 0 Å². The minimum absolute atomic E-state index is 0.120. The number of alkyl halides is 3. The molecule has 3 atom stereocenters. The molecule has 0 amide bonds. The second-order valence-corrected chi connectivity index (χ2v) is 6.39. The summed E-state index contributed by atoms with van der Waals surface area (Å²) in [6.07, 6.45) is 0.448. The van der Waals surface area contributed by atoms with Gasteiger partial charge in [0, 0.05) is 6.54 Å². The molecule has 6 heteroatoms. The molecular formula is C15H24F3N3. The van der Waals surface area contributed by atoms with Crippen molar-refractivity contribution >= 4 is 0 Å². The molecule has 1 aliphatic heterocycles. The van der Waals surface area contributed by atoms with Crippen molar-refractivity contribution < 1.29 is 13.2 Å². The summed E-state index contributed by atoms with van der Waals surface area (Å²) in [5.74, 6) is -0.932. The van der Waals surface area contributed by atoms with E-state index in [0.717, 1.165) is 32.2 Å². The molecule has 0 aromatic rings. The summed E-state index contributed by atoms with van der Waals surface area (Å²) in [6, 6.07) is 2.39. The molecule has 0 aromatic heterocycles. The van der Waals surface area contributed by atoms with Gasteiger partial charge in [0.15, 0.2) is 0 Å². The third-order valence-corrected chi connectivity index (χ3v) is 5.23. The molecule has 1 saturated carbocycles. The second-order valence-electron chi connectivity index (χ2n) is 6.39. The number of nitrogens with one attached hydrogen (secondary N) is 1. The summed E-state index contributed by atoms with van der Waals surface area (Å²) in [5.41, 5.74) is -0.473. The zero-order chi connectivity index (χ0) is 15.5. The average molecular weight is 303 g/mol. The first-order chi connectivity index (χ1) is 9.91. The van der Waals surface area contributed by atoms with Crippen LogP contribution in [-0.4, -0.2) is 43.3 Å². The highest BCUT2D eigenvalue weighted by molar-refractivity contribution is 5.13. The van der Waals surface area contributed by atoms with Crippen LogP contribution in [-0.2, 0) is 0 Å². The highest BCUT2D eigenvalue weighted by Gasteiger charge is 2.44. The first kappa shape index (κ1) is 16.6. The molecule has 0 bridgehead atoms. The molecule has 3 nitrogen and oxygen atoms in total. The Morgan fingerprint density at radius 2 is 2.10 bits per heavy atom. The number of hydrogen-bond donors (Lipinski definition) is 1. The van der Waals surface area contributed by atoms with Gasteiger partial charge in [0.2, 0.25) is 0 Å². The number of hydrogen-bond acceptors (Lipinski definition) is 3. The number of piperidine rings is 1. The maximum atomic E-state index is 12.8. The van der Waals surface area contributed by atoms with Gasteiger partial charge in [-0.1, -0.05) is 6.42 Å². The number of likely N-dealkylation sites (tertiary alicyclic amines) is 1. The van der Waals surface area contributed by atoms with Gasteiger partial charge in [-0.05, 0) is 58.2 Å². The Labute approximate surface area is 124 Å². The van der Waals surface area contributed by atoms with Crippen LogP contribution in [0.3, 0.4) is 0 Å². The normalized spacial score (nSPS) is 34.8. The Morgan fingerprint density at radius 1 is 1.33 bits per heavy atom. The van der Waals surface area contributed by atoms with Crippen molar-refractivity contribution in [3.8, 4) is 6.07 Å². The van der Waals surface area contributed by atoms with E-state index < -0.39 is 17.6 Å². The maximum Gasteiger partial charge on any atom is 0.393 e. The van der Waals surface area contributed by atoms with Gasteiger partial charge in [-0.15, -0.1) is 0 Å². The van der Waals surface area contributed by atoms with Crippen molar-refractivity contribution in [2.45, 2.75) is 50.2 Å². The monoisotopic (exact) mass is 303 g/mol. The Bertz CT molecular complexity index is 391. The Morgan fingerprint density at radius 3 is 2.71 bits per heavy atom. The number of halogens is 3. The van der Waals surface area contributed by atoms with E-state index in [1.165, 1.54) is 0 Å². The molecule has 0 aromatic carbocycles. The number of nitrogens with zero attached hydrogens (tertiary/aromatic N) is 2. The zero-order valence-corrected chi connectivity index (χ0v) is 12.5. The standard InChI is InChI=1S/C15H24F3N3/c1-20-14(11-19)7-2-4-12(14)6-9-21-8-3-5-13(10-21)15(16,17)18/h12-13,20H,2-10H2,1H3. The predicted octanol–water partition coefficient (Wildman–Crippen LogP) is 2.93. The Hall–Kier alpha value is -0.800. The van der Waals surface area contributed by atoms with E-state index in [0.29, 0.717) is 13.0 Å². The van der Waals surface area contributed by atoms with E-state index in [2.05, 4.69) is 11.4 Å². The fourth-order valence-corrected chi connectivity index (χ4v) is 3.86. The predicted molar refractivity (Wildman–Crippen MR) is 74.6 cm³/mol. The summed E-state index contributed by atoms with van der Waals surface area (Å²) < 4.78 is 38.4. The number of rotatable bonds is 4.